The molecule has 110 valence electrons. The fraction of sp³-hybridized carbons (Fsp3) is 0.500. The molecule has 1 aliphatic rings. The largest absolute Gasteiger partial charge is 0.384 e. The summed E-state index contributed by atoms with van der Waals surface area (Å²) in [6.07, 6.45) is 1.98. The van der Waals surface area contributed by atoms with E-state index in [1.165, 1.54) is 0 Å². The normalized spacial score (nSPS) is 18.9. The predicted molar refractivity (Wildman–Crippen MR) is 74.2 cm³/mol. The Morgan fingerprint density at radius 3 is 2.60 bits per heavy atom. The Kier molecular flexibility index (Phi) is 4.54. The van der Waals surface area contributed by atoms with E-state index in [1.54, 1.807) is 11.9 Å². The van der Waals surface area contributed by atoms with E-state index in [-0.39, 0.29) is 23.0 Å². The first-order chi connectivity index (χ1) is 9.49. The van der Waals surface area contributed by atoms with Crippen molar-refractivity contribution in [3.8, 4) is 0 Å². The molecule has 0 aromatic heterocycles. The van der Waals surface area contributed by atoms with Crippen molar-refractivity contribution >= 4 is 11.5 Å². The van der Waals surface area contributed by atoms with Crippen LogP contribution >= 0.6 is 0 Å². The summed E-state index contributed by atoms with van der Waals surface area (Å²) >= 11 is 0. The maximum atomic E-state index is 14.0. The number of hydrogen-bond acceptors (Lipinski definition) is 3. The van der Waals surface area contributed by atoms with Gasteiger partial charge in [0.2, 0.25) is 0 Å². The Balaban J connectivity index is 2.16. The molecule has 0 saturated carbocycles. The lowest BCUT2D eigenvalue weighted by atomic mass is 10.0. The van der Waals surface area contributed by atoms with E-state index in [2.05, 4.69) is 0 Å². The van der Waals surface area contributed by atoms with E-state index in [1.807, 2.05) is 0 Å². The van der Waals surface area contributed by atoms with Crippen molar-refractivity contribution in [1.82, 2.24) is 0 Å². The molecular formula is C14H19F2N3O. The van der Waals surface area contributed by atoms with Gasteiger partial charge in [0.05, 0.1) is 6.61 Å². The SMILES string of the molecule is CN(CC1CCCOC1)c1c(F)cc(C(=N)N)cc1F. The third-order valence-corrected chi connectivity index (χ3v) is 3.50. The summed E-state index contributed by atoms with van der Waals surface area (Å²) in [7, 11) is 1.66. The second-order valence-corrected chi connectivity index (χ2v) is 5.17. The lowest BCUT2D eigenvalue weighted by molar-refractivity contribution is 0.0575. The van der Waals surface area contributed by atoms with Crippen molar-refractivity contribution in [2.45, 2.75) is 12.8 Å². The van der Waals surface area contributed by atoms with E-state index in [0.29, 0.717) is 13.2 Å². The number of amidine groups is 1. The van der Waals surface area contributed by atoms with Gasteiger partial charge in [-0.15, -0.1) is 0 Å². The molecule has 0 aliphatic carbocycles. The first kappa shape index (κ1) is 14.7. The summed E-state index contributed by atoms with van der Waals surface area (Å²) in [6.45, 7) is 1.92. The number of nitrogens with two attached hydrogens (primary N) is 1. The molecule has 0 spiro atoms. The third-order valence-electron chi connectivity index (χ3n) is 3.50. The molecule has 1 atom stereocenters. The monoisotopic (exact) mass is 283 g/mol. The van der Waals surface area contributed by atoms with Gasteiger partial charge >= 0.3 is 0 Å². The molecule has 1 aliphatic heterocycles. The van der Waals surface area contributed by atoms with Gasteiger partial charge in [0.25, 0.3) is 0 Å². The number of nitrogens with one attached hydrogen (secondary N) is 1. The van der Waals surface area contributed by atoms with Crippen molar-refractivity contribution in [3.63, 3.8) is 0 Å². The Labute approximate surface area is 117 Å². The van der Waals surface area contributed by atoms with E-state index in [0.717, 1.165) is 31.6 Å². The number of anilines is 1. The molecule has 1 aromatic carbocycles. The lowest BCUT2D eigenvalue weighted by Crippen LogP contribution is -2.32. The van der Waals surface area contributed by atoms with Gasteiger partial charge in [-0.05, 0) is 30.9 Å². The summed E-state index contributed by atoms with van der Waals surface area (Å²) < 4.78 is 33.4. The van der Waals surface area contributed by atoms with E-state index in [9.17, 15) is 8.78 Å². The molecule has 1 fully saturated rings. The maximum Gasteiger partial charge on any atom is 0.150 e. The highest BCUT2D eigenvalue weighted by atomic mass is 19.1. The molecule has 1 saturated heterocycles. The van der Waals surface area contributed by atoms with Crippen LogP contribution in [0.3, 0.4) is 0 Å². The van der Waals surface area contributed by atoms with Gasteiger partial charge in [-0.1, -0.05) is 0 Å². The van der Waals surface area contributed by atoms with Crippen molar-refractivity contribution in [2.75, 3.05) is 31.7 Å². The van der Waals surface area contributed by atoms with Gasteiger partial charge in [-0.25, -0.2) is 8.78 Å². The van der Waals surface area contributed by atoms with Gasteiger partial charge < -0.3 is 15.4 Å². The van der Waals surface area contributed by atoms with Crippen LogP contribution in [0.5, 0.6) is 0 Å². The van der Waals surface area contributed by atoms with Gasteiger partial charge in [0.1, 0.15) is 23.2 Å². The highest BCUT2D eigenvalue weighted by molar-refractivity contribution is 5.95. The standard InChI is InChI=1S/C14H19F2N3O/c1-19(7-9-3-2-4-20-8-9)13-11(15)5-10(14(17)18)6-12(13)16/h5-6,9H,2-4,7-8H2,1H3,(H3,17,18). The number of nitrogen functional groups attached to an aromatic ring is 1. The summed E-state index contributed by atoms with van der Waals surface area (Å²) in [4.78, 5) is 1.56. The zero-order chi connectivity index (χ0) is 14.7. The number of hydrogen-bond donors (Lipinski definition) is 2. The molecule has 6 heteroatoms. The molecule has 0 amide bonds. The third kappa shape index (κ3) is 3.25. The first-order valence-electron chi connectivity index (χ1n) is 6.61. The van der Waals surface area contributed by atoms with Crippen LogP contribution in [0.1, 0.15) is 18.4 Å². The first-order valence-corrected chi connectivity index (χ1v) is 6.61. The molecule has 1 heterocycles. The van der Waals surface area contributed by atoms with Crippen LogP contribution in [0.25, 0.3) is 0 Å². The summed E-state index contributed by atoms with van der Waals surface area (Å²) in [5.74, 6) is -1.47. The molecule has 0 radical (unpaired) electrons. The molecule has 1 unspecified atom stereocenters. The van der Waals surface area contributed by atoms with Gasteiger partial charge in [-0.2, -0.15) is 0 Å². The molecule has 0 bridgehead atoms. The van der Waals surface area contributed by atoms with Crippen LogP contribution in [0.15, 0.2) is 12.1 Å². The minimum Gasteiger partial charge on any atom is -0.384 e. The van der Waals surface area contributed by atoms with Gasteiger partial charge in [0, 0.05) is 25.8 Å². The summed E-state index contributed by atoms with van der Waals surface area (Å²) in [5, 5.41) is 7.23. The second kappa shape index (κ2) is 6.17. The lowest BCUT2D eigenvalue weighted by Gasteiger charge is -2.29. The van der Waals surface area contributed by atoms with Crippen LogP contribution in [-0.2, 0) is 4.74 Å². The number of ether oxygens (including phenoxy) is 1. The Morgan fingerprint density at radius 2 is 2.10 bits per heavy atom. The molecule has 2 rings (SSSR count). The van der Waals surface area contributed by atoms with Crippen molar-refractivity contribution < 1.29 is 13.5 Å². The van der Waals surface area contributed by atoms with Gasteiger partial charge in [-0.3, -0.25) is 5.41 Å². The Hall–Kier alpha value is -1.69. The average Bonchev–Trinajstić information content (AvgIpc) is 2.38. The zero-order valence-electron chi connectivity index (χ0n) is 11.5. The molecule has 4 nitrogen and oxygen atoms in total. The van der Waals surface area contributed by atoms with Crippen LogP contribution < -0.4 is 10.6 Å². The second-order valence-electron chi connectivity index (χ2n) is 5.17. The minimum absolute atomic E-state index is 0.0538. The highest BCUT2D eigenvalue weighted by Crippen LogP contribution is 2.26. The fourth-order valence-corrected chi connectivity index (χ4v) is 2.52. The highest BCUT2D eigenvalue weighted by Gasteiger charge is 2.21. The maximum absolute atomic E-state index is 14.0. The van der Waals surface area contributed by atoms with E-state index in [4.69, 9.17) is 15.9 Å². The van der Waals surface area contributed by atoms with Crippen molar-refractivity contribution in [3.05, 3.63) is 29.3 Å². The topological polar surface area (TPSA) is 62.3 Å². The smallest absolute Gasteiger partial charge is 0.150 e. The number of nitrogens with zero attached hydrogens (tertiary/aromatic N) is 1. The zero-order valence-corrected chi connectivity index (χ0v) is 11.5. The Bertz CT molecular complexity index is 478. The van der Waals surface area contributed by atoms with Crippen LogP contribution in [-0.4, -0.2) is 32.6 Å². The number of rotatable bonds is 4. The molecule has 3 N–H and O–H groups in total. The molecule has 20 heavy (non-hydrogen) atoms. The summed E-state index contributed by atoms with van der Waals surface area (Å²) in [6, 6.07) is 2.18. The minimum atomic E-state index is -0.700. The van der Waals surface area contributed by atoms with E-state index >= 15 is 0 Å². The van der Waals surface area contributed by atoms with Crippen molar-refractivity contribution in [2.24, 2.45) is 11.7 Å². The average molecular weight is 283 g/mol. The molecular weight excluding hydrogens is 264 g/mol. The number of halogens is 2. The summed E-state index contributed by atoms with van der Waals surface area (Å²) in [5.41, 5.74) is 5.22. The fourth-order valence-electron chi connectivity index (χ4n) is 2.52. The molecule has 1 aromatic rings. The van der Waals surface area contributed by atoms with Crippen LogP contribution in [0, 0.1) is 23.0 Å². The predicted octanol–water partition coefficient (Wildman–Crippen LogP) is 2.11. The van der Waals surface area contributed by atoms with Crippen molar-refractivity contribution in [1.29, 1.82) is 5.41 Å². The van der Waals surface area contributed by atoms with Gasteiger partial charge in [0.15, 0.2) is 0 Å². The quantitative estimate of drug-likeness (QED) is 0.657. The van der Waals surface area contributed by atoms with E-state index < -0.39 is 11.6 Å². The Morgan fingerprint density at radius 1 is 1.45 bits per heavy atom. The number of benzene rings is 1. The van der Waals surface area contributed by atoms with Crippen LogP contribution in [0.2, 0.25) is 0 Å². The van der Waals surface area contributed by atoms with Crippen LogP contribution in [0.4, 0.5) is 14.5 Å².